The van der Waals surface area contributed by atoms with E-state index in [2.05, 4.69) is 10.2 Å². The number of hydrogen-bond acceptors (Lipinski definition) is 6. The molecule has 1 fully saturated rings. The van der Waals surface area contributed by atoms with Gasteiger partial charge in [0.15, 0.2) is 0 Å². The minimum Gasteiger partial charge on any atom is -0.444 e. The molecular weight excluding hydrogens is 422 g/mol. The van der Waals surface area contributed by atoms with Crippen LogP contribution in [0.3, 0.4) is 0 Å². The van der Waals surface area contributed by atoms with Crippen LogP contribution in [-0.2, 0) is 11.3 Å². The maximum atomic E-state index is 13.1. The molecule has 4 rings (SSSR count). The van der Waals surface area contributed by atoms with Crippen LogP contribution in [0.25, 0.3) is 11.5 Å². The second-order valence-electron chi connectivity index (χ2n) is 9.13. The molecule has 3 heterocycles. The average Bonchev–Trinajstić information content (AvgIpc) is 3.33. The number of carbonyl (C=O) groups excluding carboxylic acids is 2. The van der Waals surface area contributed by atoms with Gasteiger partial charge in [0.05, 0.1) is 6.04 Å². The number of ether oxygens (including phenoxy) is 1. The highest BCUT2D eigenvalue weighted by Crippen LogP contribution is 2.31. The zero-order chi connectivity index (χ0) is 23.0. The van der Waals surface area contributed by atoms with Crippen LogP contribution in [-0.4, -0.2) is 56.7 Å². The Bertz CT molecular complexity index is 1020. The lowest BCUT2D eigenvalue weighted by Crippen LogP contribution is -2.50. The molecule has 0 N–H and O–H groups in total. The summed E-state index contributed by atoms with van der Waals surface area (Å²) in [5.74, 6) is -0.990. The fourth-order valence-corrected chi connectivity index (χ4v) is 4.09. The van der Waals surface area contributed by atoms with E-state index in [4.69, 9.17) is 9.15 Å². The van der Waals surface area contributed by atoms with Crippen LogP contribution in [0, 0.1) is 0 Å². The summed E-state index contributed by atoms with van der Waals surface area (Å²) in [4.78, 5) is 29.2. The van der Waals surface area contributed by atoms with Gasteiger partial charge < -0.3 is 19.0 Å². The Morgan fingerprint density at radius 1 is 1.28 bits per heavy atom. The number of benzene rings is 1. The number of fused-ring (bicyclic) bond motifs is 1. The van der Waals surface area contributed by atoms with Gasteiger partial charge in [-0.15, -0.1) is 10.2 Å². The zero-order valence-corrected chi connectivity index (χ0v) is 18.3. The first-order valence-corrected chi connectivity index (χ1v) is 10.7. The molecule has 0 bridgehead atoms. The zero-order valence-electron chi connectivity index (χ0n) is 18.3. The van der Waals surface area contributed by atoms with Gasteiger partial charge in [0, 0.05) is 30.8 Å². The lowest BCUT2D eigenvalue weighted by atomic mass is 10.0. The third-order valence-electron chi connectivity index (χ3n) is 5.55. The van der Waals surface area contributed by atoms with E-state index in [-0.39, 0.29) is 23.9 Å². The van der Waals surface area contributed by atoms with Gasteiger partial charge in [-0.05, 0) is 57.7 Å². The quantitative estimate of drug-likeness (QED) is 0.688. The van der Waals surface area contributed by atoms with Crippen LogP contribution in [0.15, 0.2) is 22.6 Å². The molecule has 2 aliphatic heterocycles. The van der Waals surface area contributed by atoms with Crippen molar-refractivity contribution in [2.24, 2.45) is 0 Å². The molecule has 0 unspecified atom stereocenters. The molecule has 0 aliphatic carbocycles. The van der Waals surface area contributed by atoms with E-state index in [1.54, 1.807) is 28.0 Å². The van der Waals surface area contributed by atoms with Crippen molar-refractivity contribution in [1.29, 1.82) is 0 Å². The highest BCUT2D eigenvalue weighted by atomic mass is 19.3. The molecule has 32 heavy (non-hydrogen) atoms. The normalized spacial score (nSPS) is 18.9. The van der Waals surface area contributed by atoms with Crippen molar-refractivity contribution in [3.05, 3.63) is 35.2 Å². The monoisotopic (exact) mass is 448 g/mol. The van der Waals surface area contributed by atoms with E-state index < -0.39 is 17.9 Å². The Balaban J connectivity index is 1.48. The molecular formula is C22H26F2N4O4. The lowest BCUT2D eigenvalue weighted by molar-refractivity contribution is 0.00514. The number of hydrogen-bond donors (Lipinski definition) is 0. The Labute approximate surface area is 184 Å². The Morgan fingerprint density at radius 3 is 2.75 bits per heavy atom. The molecule has 0 spiro atoms. The first-order valence-electron chi connectivity index (χ1n) is 10.7. The number of amides is 2. The van der Waals surface area contributed by atoms with Crippen LogP contribution in [0.1, 0.15) is 68.3 Å². The third kappa shape index (κ3) is 4.58. The summed E-state index contributed by atoms with van der Waals surface area (Å²) in [6, 6.07) is 4.90. The maximum absolute atomic E-state index is 13.1. The van der Waals surface area contributed by atoms with E-state index in [9.17, 15) is 18.4 Å². The van der Waals surface area contributed by atoms with Gasteiger partial charge in [-0.25, -0.2) is 4.79 Å². The molecule has 2 amide bonds. The topological polar surface area (TPSA) is 88.8 Å². The van der Waals surface area contributed by atoms with Crippen molar-refractivity contribution >= 4 is 12.0 Å². The Morgan fingerprint density at radius 2 is 2.06 bits per heavy atom. The van der Waals surface area contributed by atoms with Crippen LogP contribution in [0.2, 0.25) is 0 Å². The summed E-state index contributed by atoms with van der Waals surface area (Å²) in [7, 11) is 0. The van der Waals surface area contributed by atoms with Gasteiger partial charge in [-0.1, -0.05) is 6.07 Å². The largest absolute Gasteiger partial charge is 0.444 e. The van der Waals surface area contributed by atoms with E-state index in [1.165, 1.54) is 0 Å². The number of piperidine rings is 1. The number of nitrogens with zero attached hydrogens (tertiary/aromatic N) is 4. The van der Waals surface area contributed by atoms with Crippen molar-refractivity contribution in [2.75, 3.05) is 13.1 Å². The number of rotatable bonds is 4. The van der Waals surface area contributed by atoms with E-state index in [0.717, 1.165) is 24.8 Å². The fourth-order valence-electron chi connectivity index (χ4n) is 4.09. The predicted octanol–water partition coefficient (Wildman–Crippen LogP) is 4.42. The third-order valence-corrected chi connectivity index (χ3v) is 5.55. The first-order chi connectivity index (χ1) is 15.1. The summed E-state index contributed by atoms with van der Waals surface area (Å²) in [5, 5.41) is 6.99. The summed E-state index contributed by atoms with van der Waals surface area (Å²) < 4.78 is 36.0. The van der Waals surface area contributed by atoms with Crippen LogP contribution in [0.5, 0.6) is 0 Å². The van der Waals surface area contributed by atoms with Crippen molar-refractivity contribution in [2.45, 2.75) is 64.6 Å². The van der Waals surface area contributed by atoms with Crippen LogP contribution in [0.4, 0.5) is 13.6 Å². The summed E-state index contributed by atoms with van der Waals surface area (Å²) >= 11 is 0. The van der Waals surface area contributed by atoms with Gasteiger partial charge in [0.2, 0.25) is 5.89 Å². The van der Waals surface area contributed by atoms with E-state index in [0.29, 0.717) is 30.8 Å². The van der Waals surface area contributed by atoms with Gasteiger partial charge in [0.1, 0.15) is 5.60 Å². The van der Waals surface area contributed by atoms with Gasteiger partial charge in [0.25, 0.3) is 11.8 Å². The Kier molecular flexibility index (Phi) is 5.87. The minimum absolute atomic E-state index is 0.0577. The fraction of sp³-hybridized carbons (Fsp3) is 0.545. The van der Waals surface area contributed by atoms with Crippen LogP contribution < -0.4 is 0 Å². The van der Waals surface area contributed by atoms with Crippen molar-refractivity contribution in [3.63, 3.8) is 0 Å². The number of likely N-dealkylation sites (tertiary alicyclic amines) is 1. The van der Waals surface area contributed by atoms with Crippen molar-refractivity contribution in [1.82, 2.24) is 20.0 Å². The molecule has 1 atom stereocenters. The molecule has 1 aromatic heterocycles. The smallest absolute Gasteiger partial charge is 0.410 e. The Hall–Kier alpha value is -3.04. The minimum atomic E-state index is -2.86. The molecule has 1 aromatic carbocycles. The SMILES string of the molecule is CC(C)(C)OC(=O)N1CCCC[C@@H]1CN1Cc2ccc(-c3nnc(C(F)F)o3)cc2C1=O. The van der Waals surface area contributed by atoms with E-state index >= 15 is 0 Å². The van der Waals surface area contributed by atoms with Crippen molar-refractivity contribution < 1.29 is 27.5 Å². The molecule has 10 heteroatoms. The molecule has 2 aromatic rings. The van der Waals surface area contributed by atoms with Crippen molar-refractivity contribution in [3.8, 4) is 11.5 Å². The summed E-state index contributed by atoms with van der Waals surface area (Å²) in [6.07, 6.45) is -0.542. The highest BCUT2D eigenvalue weighted by Gasteiger charge is 2.35. The highest BCUT2D eigenvalue weighted by molar-refractivity contribution is 5.99. The lowest BCUT2D eigenvalue weighted by Gasteiger charge is -2.38. The second kappa shape index (κ2) is 8.48. The molecule has 8 nitrogen and oxygen atoms in total. The number of alkyl halides is 2. The summed E-state index contributed by atoms with van der Waals surface area (Å²) in [6.45, 7) is 6.90. The predicted molar refractivity (Wildman–Crippen MR) is 110 cm³/mol. The van der Waals surface area contributed by atoms with Gasteiger partial charge in [-0.2, -0.15) is 8.78 Å². The molecule has 0 saturated carbocycles. The second-order valence-corrected chi connectivity index (χ2v) is 9.13. The number of aromatic nitrogens is 2. The molecule has 2 aliphatic rings. The van der Waals surface area contributed by atoms with Gasteiger partial charge >= 0.3 is 12.5 Å². The maximum Gasteiger partial charge on any atom is 0.410 e. The molecule has 0 radical (unpaired) electrons. The number of halogens is 2. The summed E-state index contributed by atoms with van der Waals surface area (Å²) in [5.41, 5.74) is 1.12. The van der Waals surface area contributed by atoms with Crippen LogP contribution >= 0.6 is 0 Å². The molecule has 1 saturated heterocycles. The average molecular weight is 448 g/mol. The first kappa shape index (κ1) is 22.2. The standard InChI is InChI=1S/C22H26F2N4O4/c1-22(2,3)32-21(30)28-9-5-4-6-15(28)12-27-11-14-8-7-13(10-16(14)20(27)29)18-25-26-19(31-18)17(23)24/h7-8,10,15,17H,4-6,9,11-12H2,1-3H3/t15-/m1/s1. The van der Waals surface area contributed by atoms with Gasteiger partial charge in [-0.3, -0.25) is 4.79 Å². The van der Waals surface area contributed by atoms with E-state index in [1.807, 2.05) is 20.8 Å². The number of carbonyl (C=O) groups is 2. The molecule has 172 valence electrons.